The van der Waals surface area contributed by atoms with Crippen molar-refractivity contribution in [2.45, 2.75) is 12.6 Å². The van der Waals surface area contributed by atoms with Gasteiger partial charge in [-0.3, -0.25) is 0 Å². The maximum Gasteiger partial charge on any atom is 0.139 e. The van der Waals surface area contributed by atoms with Gasteiger partial charge < -0.3 is 9.67 Å². The van der Waals surface area contributed by atoms with Crippen molar-refractivity contribution in [2.75, 3.05) is 0 Å². The van der Waals surface area contributed by atoms with Gasteiger partial charge in [0.2, 0.25) is 0 Å². The molecule has 0 bridgehead atoms. The smallest absolute Gasteiger partial charge is 0.139 e. The predicted molar refractivity (Wildman–Crippen MR) is 79.0 cm³/mol. The number of aromatic nitrogens is 2. The van der Waals surface area contributed by atoms with E-state index in [2.05, 4.69) is 4.98 Å². The van der Waals surface area contributed by atoms with Crippen LogP contribution in [0.25, 0.3) is 11.4 Å². The van der Waals surface area contributed by atoms with Crippen molar-refractivity contribution in [2.24, 2.45) is 0 Å². The lowest BCUT2D eigenvalue weighted by molar-refractivity contribution is 0.157. The zero-order chi connectivity index (χ0) is 14.7. The fourth-order valence-corrected chi connectivity index (χ4v) is 2.28. The second kappa shape index (κ2) is 5.89. The quantitative estimate of drug-likeness (QED) is 0.796. The molecule has 0 aliphatic rings. The fourth-order valence-electron chi connectivity index (χ4n) is 2.28. The van der Waals surface area contributed by atoms with Crippen LogP contribution in [0.4, 0.5) is 4.39 Å². The average molecular weight is 282 g/mol. The average Bonchev–Trinajstić information content (AvgIpc) is 2.97. The van der Waals surface area contributed by atoms with Gasteiger partial charge in [-0.2, -0.15) is 0 Å². The lowest BCUT2D eigenvalue weighted by Gasteiger charge is -2.14. The number of aliphatic hydroxyl groups is 1. The second-order valence-electron chi connectivity index (χ2n) is 4.84. The first-order valence-electron chi connectivity index (χ1n) is 6.74. The van der Waals surface area contributed by atoms with Gasteiger partial charge in [-0.05, 0) is 17.7 Å². The standard InChI is InChI=1S/C17H15FN2O/c18-15-8-6-13(7-9-15)16(21)12-20-11-10-19-17(20)14-4-2-1-3-5-14/h1-11,16,21H,12H2/t16-/m1/s1. The highest BCUT2D eigenvalue weighted by atomic mass is 19.1. The van der Waals surface area contributed by atoms with Crippen LogP contribution >= 0.6 is 0 Å². The molecule has 4 heteroatoms. The molecule has 21 heavy (non-hydrogen) atoms. The van der Waals surface area contributed by atoms with Gasteiger partial charge >= 0.3 is 0 Å². The maximum atomic E-state index is 12.9. The van der Waals surface area contributed by atoms with Gasteiger partial charge in [0.05, 0.1) is 12.6 Å². The van der Waals surface area contributed by atoms with Gasteiger partial charge in [-0.1, -0.05) is 42.5 Å². The molecular weight excluding hydrogens is 267 g/mol. The van der Waals surface area contributed by atoms with Crippen molar-refractivity contribution in [1.29, 1.82) is 0 Å². The normalized spacial score (nSPS) is 12.3. The molecule has 0 radical (unpaired) electrons. The molecule has 1 aromatic heterocycles. The van der Waals surface area contributed by atoms with Crippen LogP contribution in [0.3, 0.4) is 0 Å². The third-order valence-electron chi connectivity index (χ3n) is 3.37. The Morgan fingerprint density at radius 1 is 1.05 bits per heavy atom. The molecule has 1 heterocycles. The summed E-state index contributed by atoms with van der Waals surface area (Å²) in [6.45, 7) is 0.371. The van der Waals surface area contributed by atoms with Crippen molar-refractivity contribution in [3.05, 3.63) is 78.4 Å². The summed E-state index contributed by atoms with van der Waals surface area (Å²) in [6, 6.07) is 15.7. The lowest BCUT2D eigenvalue weighted by atomic mass is 10.1. The van der Waals surface area contributed by atoms with Gasteiger partial charge in [0.15, 0.2) is 0 Å². The van der Waals surface area contributed by atoms with Crippen LogP contribution in [0.15, 0.2) is 67.0 Å². The van der Waals surface area contributed by atoms with Crippen LogP contribution in [0, 0.1) is 5.82 Å². The molecule has 3 nitrogen and oxygen atoms in total. The van der Waals surface area contributed by atoms with Crippen molar-refractivity contribution < 1.29 is 9.50 Å². The summed E-state index contributed by atoms with van der Waals surface area (Å²) in [6.07, 6.45) is 2.83. The topological polar surface area (TPSA) is 38.0 Å². The van der Waals surface area contributed by atoms with Crippen LogP contribution in [-0.4, -0.2) is 14.7 Å². The minimum absolute atomic E-state index is 0.307. The van der Waals surface area contributed by atoms with Gasteiger partial charge in [0, 0.05) is 18.0 Å². The number of halogens is 1. The summed E-state index contributed by atoms with van der Waals surface area (Å²) in [4.78, 5) is 4.34. The van der Waals surface area contributed by atoms with Crippen LogP contribution in [0.2, 0.25) is 0 Å². The zero-order valence-electron chi connectivity index (χ0n) is 11.4. The van der Waals surface area contributed by atoms with Gasteiger partial charge in [-0.25, -0.2) is 9.37 Å². The van der Waals surface area contributed by atoms with E-state index in [1.54, 1.807) is 18.3 Å². The van der Waals surface area contributed by atoms with Crippen LogP contribution in [0.5, 0.6) is 0 Å². The van der Waals surface area contributed by atoms with Crippen molar-refractivity contribution in [3.63, 3.8) is 0 Å². The highest BCUT2D eigenvalue weighted by Crippen LogP contribution is 2.21. The molecule has 3 aromatic rings. The second-order valence-corrected chi connectivity index (χ2v) is 4.84. The Hall–Kier alpha value is -2.46. The summed E-state index contributed by atoms with van der Waals surface area (Å²) in [5, 5.41) is 10.3. The van der Waals surface area contributed by atoms with Gasteiger partial charge in [0.25, 0.3) is 0 Å². The van der Waals surface area contributed by atoms with E-state index in [-0.39, 0.29) is 5.82 Å². The maximum absolute atomic E-state index is 12.9. The Labute approximate surface area is 122 Å². The molecule has 0 amide bonds. The van der Waals surface area contributed by atoms with Crippen LogP contribution in [0.1, 0.15) is 11.7 Å². The van der Waals surface area contributed by atoms with Crippen molar-refractivity contribution >= 4 is 0 Å². The molecule has 0 saturated heterocycles. The predicted octanol–water partition coefficient (Wildman–Crippen LogP) is 3.42. The lowest BCUT2D eigenvalue weighted by Crippen LogP contribution is -2.09. The van der Waals surface area contributed by atoms with Crippen LogP contribution < -0.4 is 0 Å². The minimum atomic E-state index is -0.706. The minimum Gasteiger partial charge on any atom is -0.387 e. The van der Waals surface area contributed by atoms with Gasteiger partial charge in [0.1, 0.15) is 11.6 Å². The molecule has 3 rings (SSSR count). The van der Waals surface area contributed by atoms with E-state index in [1.165, 1.54) is 12.1 Å². The fraction of sp³-hybridized carbons (Fsp3) is 0.118. The Bertz CT molecular complexity index is 707. The van der Waals surface area contributed by atoms with E-state index in [0.29, 0.717) is 12.1 Å². The van der Waals surface area contributed by atoms with Gasteiger partial charge in [-0.15, -0.1) is 0 Å². The van der Waals surface area contributed by atoms with Crippen LogP contribution in [-0.2, 0) is 6.54 Å². The van der Waals surface area contributed by atoms with E-state index in [4.69, 9.17) is 0 Å². The summed E-state index contributed by atoms with van der Waals surface area (Å²) >= 11 is 0. The molecule has 1 N–H and O–H groups in total. The highest BCUT2D eigenvalue weighted by molar-refractivity contribution is 5.55. The first-order valence-corrected chi connectivity index (χ1v) is 6.74. The number of benzene rings is 2. The third-order valence-corrected chi connectivity index (χ3v) is 3.37. The molecular formula is C17H15FN2O. The first kappa shape index (κ1) is 13.5. The SMILES string of the molecule is O[C@H](Cn1ccnc1-c1ccccc1)c1ccc(F)cc1. The largest absolute Gasteiger partial charge is 0.387 e. The summed E-state index contributed by atoms with van der Waals surface area (Å²) < 4.78 is 14.8. The summed E-state index contributed by atoms with van der Waals surface area (Å²) in [7, 11) is 0. The van der Waals surface area contributed by atoms with E-state index in [1.807, 2.05) is 41.1 Å². The number of nitrogens with zero attached hydrogens (tertiary/aromatic N) is 2. The Morgan fingerprint density at radius 2 is 1.76 bits per heavy atom. The number of rotatable bonds is 4. The highest BCUT2D eigenvalue weighted by Gasteiger charge is 2.12. The number of imidazole rings is 1. The molecule has 1 atom stereocenters. The zero-order valence-corrected chi connectivity index (χ0v) is 11.4. The summed E-state index contributed by atoms with van der Waals surface area (Å²) in [5.41, 5.74) is 1.68. The monoisotopic (exact) mass is 282 g/mol. The van der Waals surface area contributed by atoms with E-state index < -0.39 is 6.10 Å². The number of aliphatic hydroxyl groups excluding tert-OH is 1. The molecule has 2 aromatic carbocycles. The van der Waals surface area contributed by atoms with E-state index >= 15 is 0 Å². The molecule has 0 fully saturated rings. The van der Waals surface area contributed by atoms with Crippen molar-refractivity contribution in [3.8, 4) is 11.4 Å². The van der Waals surface area contributed by atoms with Crippen molar-refractivity contribution in [1.82, 2.24) is 9.55 Å². The molecule has 0 saturated carbocycles. The van der Waals surface area contributed by atoms with E-state index in [9.17, 15) is 9.50 Å². The molecule has 106 valence electrons. The Balaban J connectivity index is 1.83. The Morgan fingerprint density at radius 3 is 2.48 bits per heavy atom. The molecule has 0 aliphatic carbocycles. The molecule has 0 spiro atoms. The third kappa shape index (κ3) is 3.01. The number of hydrogen-bond donors (Lipinski definition) is 1. The Kier molecular flexibility index (Phi) is 3.79. The molecule has 0 unspecified atom stereocenters. The first-order chi connectivity index (χ1) is 10.2. The summed E-state index contributed by atoms with van der Waals surface area (Å²) in [5.74, 6) is 0.496. The van der Waals surface area contributed by atoms with E-state index in [0.717, 1.165) is 11.4 Å². The molecule has 0 aliphatic heterocycles. The number of hydrogen-bond acceptors (Lipinski definition) is 2.